The second-order valence-corrected chi connectivity index (χ2v) is 11.9. The van der Waals surface area contributed by atoms with Gasteiger partial charge in [-0.15, -0.1) is 0 Å². The van der Waals surface area contributed by atoms with Crippen LogP contribution in [0.15, 0.2) is 23.2 Å². The maximum Gasteiger partial charge on any atom is 0.416 e. The largest absolute Gasteiger partial charge is 0.487 e. The van der Waals surface area contributed by atoms with Gasteiger partial charge in [0.2, 0.25) is 4.80 Å². The van der Waals surface area contributed by atoms with Crippen LogP contribution in [0.3, 0.4) is 0 Å². The lowest BCUT2D eigenvalue weighted by Crippen LogP contribution is -2.60. The summed E-state index contributed by atoms with van der Waals surface area (Å²) in [6, 6.07) is 3.01. The van der Waals surface area contributed by atoms with Crippen LogP contribution in [-0.4, -0.2) is 45.3 Å². The lowest BCUT2D eigenvalue weighted by atomic mass is 9.98. The molecule has 3 rings (SSSR count). The van der Waals surface area contributed by atoms with E-state index >= 15 is 0 Å². The Hall–Kier alpha value is -2.20. The first kappa shape index (κ1) is 27.4. The summed E-state index contributed by atoms with van der Waals surface area (Å²) in [7, 11) is 0. The Kier molecular flexibility index (Phi) is 7.86. The average Bonchev–Trinajstić information content (AvgIpc) is 3.10. The van der Waals surface area contributed by atoms with Crippen molar-refractivity contribution in [2.75, 3.05) is 13.1 Å². The summed E-state index contributed by atoms with van der Waals surface area (Å²) in [4.78, 5) is 20.1. The number of likely N-dealkylation sites (tertiary alicyclic amines) is 1. The van der Waals surface area contributed by atoms with Gasteiger partial charge >= 0.3 is 6.18 Å². The molecule has 1 amide bonds. The molecule has 0 radical (unpaired) electrons. The average molecular weight is 513 g/mol. The molecule has 0 aliphatic carbocycles. The summed E-state index contributed by atoms with van der Waals surface area (Å²) in [6.07, 6.45) is -3.01. The van der Waals surface area contributed by atoms with Crippen LogP contribution in [-0.2, 0) is 18.1 Å². The summed E-state index contributed by atoms with van der Waals surface area (Å²) >= 11 is 1.28. The zero-order valence-corrected chi connectivity index (χ0v) is 22.3. The topological polar surface area (TPSA) is 59.7 Å². The van der Waals surface area contributed by atoms with E-state index in [0.29, 0.717) is 24.4 Å². The molecule has 0 spiro atoms. The van der Waals surface area contributed by atoms with Crippen LogP contribution in [0.1, 0.15) is 82.2 Å². The van der Waals surface area contributed by atoms with Crippen LogP contribution in [0.2, 0.25) is 0 Å². The number of ether oxygens (including phenoxy) is 1. The van der Waals surface area contributed by atoms with Crippen molar-refractivity contribution in [2.45, 2.75) is 91.1 Å². The van der Waals surface area contributed by atoms with Gasteiger partial charge in [0.25, 0.3) is 5.91 Å². The monoisotopic (exact) mass is 512 g/mol. The van der Waals surface area contributed by atoms with Crippen molar-refractivity contribution in [2.24, 2.45) is 4.99 Å². The minimum Gasteiger partial charge on any atom is -0.487 e. The summed E-state index contributed by atoms with van der Waals surface area (Å²) < 4.78 is 48.0. The highest BCUT2D eigenvalue weighted by molar-refractivity contribution is 7.09. The molecule has 35 heavy (non-hydrogen) atoms. The second-order valence-electron chi connectivity index (χ2n) is 11.0. The summed E-state index contributed by atoms with van der Waals surface area (Å²) in [5, 5.41) is 5.42. The molecule has 6 nitrogen and oxygen atoms in total. The molecule has 194 valence electrons. The number of rotatable bonds is 6. The van der Waals surface area contributed by atoms with E-state index in [1.165, 1.54) is 17.4 Å². The quantitative estimate of drug-likeness (QED) is 0.501. The predicted molar refractivity (Wildman–Crippen MR) is 131 cm³/mol. The smallest absolute Gasteiger partial charge is 0.416 e. The molecule has 2 aromatic rings. The van der Waals surface area contributed by atoms with Gasteiger partial charge in [0.05, 0.1) is 11.1 Å². The minimum atomic E-state index is -4.59. The first-order valence-corrected chi connectivity index (χ1v) is 12.7. The summed E-state index contributed by atoms with van der Waals surface area (Å²) in [5.74, 6) is -0.654. The van der Waals surface area contributed by atoms with E-state index in [1.54, 1.807) is 4.68 Å². The molecular formula is C25H35F3N4O2S. The number of amides is 1. The van der Waals surface area contributed by atoms with E-state index in [0.717, 1.165) is 30.0 Å². The van der Waals surface area contributed by atoms with Crippen LogP contribution in [0.4, 0.5) is 13.2 Å². The molecule has 0 bridgehead atoms. The molecule has 10 heteroatoms. The van der Waals surface area contributed by atoms with E-state index in [2.05, 4.69) is 35.8 Å². The number of hydrogen-bond donors (Lipinski definition) is 0. The third-order valence-electron chi connectivity index (χ3n) is 5.81. The van der Waals surface area contributed by atoms with Crippen LogP contribution < -0.4 is 9.54 Å². The number of alkyl halides is 3. The third kappa shape index (κ3) is 6.73. The molecule has 1 aliphatic rings. The normalized spacial score (nSPS) is 16.5. The first-order chi connectivity index (χ1) is 16.1. The van der Waals surface area contributed by atoms with Gasteiger partial charge in [0.1, 0.15) is 16.9 Å². The van der Waals surface area contributed by atoms with Gasteiger partial charge in [-0.05, 0) is 45.4 Å². The molecule has 0 unspecified atom stereocenters. The van der Waals surface area contributed by atoms with Gasteiger partial charge in [0.15, 0.2) is 0 Å². The SMILES string of the molecule is CCCCn1nc(C(C)(C)C)sc1=NC(=O)c1cc(C(F)(F)F)ccc1OC1CN(C(C)(C)C)C1. The lowest BCUT2D eigenvalue weighted by molar-refractivity contribution is -0.137. The van der Waals surface area contributed by atoms with Crippen molar-refractivity contribution < 1.29 is 22.7 Å². The Morgan fingerprint density at radius 3 is 2.37 bits per heavy atom. The molecule has 0 saturated carbocycles. The number of hydrogen-bond acceptors (Lipinski definition) is 5. The first-order valence-electron chi connectivity index (χ1n) is 11.9. The van der Waals surface area contributed by atoms with Gasteiger partial charge in [-0.1, -0.05) is 45.5 Å². The van der Waals surface area contributed by atoms with Crippen molar-refractivity contribution in [3.05, 3.63) is 39.1 Å². The fourth-order valence-electron chi connectivity index (χ4n) is 3.51. The number of halogens is 3. The van der Waals surface area contributed by atoms with Gasteiger partial charge in [0, 0.05) is 30.6 Å². The molecule has 0 N–H and O–H groups in total. The van der Waals surface area contributed by atoms with Crippen molar-refractivity contribution in [1.82, 2.24) is 14.7 Å². The van der Waals surface area contributed by atoms with Gasteiger partial charge in [-0.3, -0.25) is 9.69 Å². The lowest BCUT2D eigenvalue weighted by Gasteiger charge is -2.47. The van der Waals surface area contributed by atoms with E-state index in [1.807, 2.05) is 27.7 Å². The standard InChI is InChI=1S/C25H35F3N4O2S/c1-8-9-12-32-22(35-21(30-32)23(2,3)4)29-20(33)18-13-16(25(26,27)28)10-11-19(18)34-17-14-31(15-17)24(5,6)7/h10-11,13,17H,8-9,12,14-15H2,1-7H3. The highest BCUT2D eigenvalue weighted by Gasteiger charge is 2.37. The summed E-state index contributed by atoms with van der Waals surface area (Å²) in [5.41, 5.74) is -1.38. The Morgan fingerprint density at radius 1 is 1.17 bits per heavy atom. The Bertz CT molecular complexity index is 1120. The number of carbonyl (C=O) groups excluding carboxylic acids is 1. The van der Waals surface area contributed by atoms with Crippen LogP contribution >= 0.6 is 11.3 Å². The molecule has 1 aliphatic heterocycles. The molecule has 1 fully saturated rings. The highest BCUT2D eigenvalue weighted by Crippen LogP contribution is 2.34. The van der Waals surface area contributed by atoms with E-state index in [-0.39, 0.29) is 28.4 Å². The Morgan fingerprint density at radius 2 is 1.83 bits per heavy atom. The zero-order valence-electron chi connectivity index (χ0n) is 21.5. The molecule has 1 aromatic carbocycles. The second kappa shape index (κ2) is 10.0. The fraction of sp³-hybridized carbons (Fsp3) is 0.640. The van der Waals surface area contributed by atoms with Crippen LogP contribution in [0.25, 0.3) is 0 Å². The van der Waals surface area contributed by atoms with Crippen molar-refractivity contribution in [3.63, 3.8) is 0 Å². The predicted octanol–water partition coefficient (Wildman–Crippen LogP) is 5.66. The van der Waals surface area contributed by atoms with E-state index in [4.69, 9.17) is 4.74 Å². The van der Waals surface area contributed by atoms with Crippen molar-refractivity contribution >= 4 is 17.2 Å². The number of nitrogens with zero attached hydrogens (tertiary/aromatic N) is 4. The van der Waals surface area contributed by atoms with Gasteiger partial charge in [-0.2, -0.15) is 23.3 Å². The van der Waals surface area contributed by atoms with Crippen LogP contribution in [0, 0.1) is 0 Å². The van der Waals surface area contributed by atoms with Crippen molar-refractivity contribution in [3.8, 4) is 5.75 Å². The molecule has 1 aromatic heterocycles. The number of aryl methyl sites for hydroxylation is 1. The van der Waals surface area contributed by atoms with E-state index in [9.17, 15) is 18.0 Å². The highest BCUT2D eigenvalue weighted by atomic mass is 32.1. The van der Waals surface area contributed by atoms with E-state index < -0.39 is 17.6 Å². The summed E-state index contributed by atoms with van der Waals surface area (Å²) in [6.45, 7) is 16.2. The fourth-order valence-corrected chi connectivity index (χ4v) is 4.50. The van der Waals surface area contributed by atoms with Gasteiger partial charge < -0.3 is 4.74 Å². The number of aromatic nitrogens is 2. The van der Waals surface area contributed by atoms with Gasteiger partial charge in [-0.25, -0.2) is 4.68 Å². The Labute approximate surface area is 208 Å². The molecular weight excluding hydrogens is 477 g/mol. The number of benzene rings is 1. The van der Waals surface area contributed by atoms with Crippen molar-refractivity contribution in [1.29, 1.82) is 0 Å². The maximum atomic E-state index is 13.4. The minimum absolute atomic E-state index is 0.0307. The number of carbonyl (C=O) groups is 1. The maximum absolute atomic E-state index is 13.4. The molecule has 0 atom stereocenters. The molecule has 1 saturated heterocycles. The molecule has 2 heterocycles. The van der Waals surface area contributed by atoms with Crippen LogP contribution in [0.5, 0.6) is 5.75 Å². The third-order valence-corrected chi connectivity index (χ3v) is 7.18. The Balaban J connectivity index is 1.98. The number of unbranched alkanes of at least 4 members (excludes halogenated alkanes) is 1. The zero-order chi connectivity index (χ0) is 26.2.